The molecule has 1 atom stereocenters. The quantitative estimate of drug-likeness (QED) is 0.467. The lowest BCUT2D eigenvalue weighted by Crippen LogP contribution is -2.37. The van der Waals surface area contributed by atoms with Gasteiger partial charge in [-0.2, -0.15) is 0 Å². The second-order valence-corrected chi connectivity index (χ2v) is 5.07. The Labute approximate surface area is 127 Å². The fourth-order valence-electron chi connectivity index (χ4n) is 1.85. The number of ether oxygens (including phenoxy) is 1. The van der Waals surface area contributed by atoms with Gasteiger partial charge in [0.25, 0.3) is 11.6 Å². The Bertz CT molecular complexity index is 612. The van der Waals surface area contributed by atoms with E-state index in [1.54, 1.807) is 7.05 Å². The summed E-state index contributed by atoms with van der Waals surface area (Å²) in [5, 5.41) is 16.4. The molecule has 0 spiro atoms. The van der Waals surface area contributed by atoms with Crippen LogP contribution in [0.4, 0.5) is 11.4 Å². The molecule has 118 valence electrons. The highest BCUT2D eigenvalue weighted by Crippen LogP contribution is 2.25. The van der Waals surface area contributed by atoms with Crippen LogP contribution in [0.25, 0.3) is 0 Å². The molecule has 1 amide bonds. The third-order valence-corrected chi connectivity index (χ3v) is 3.28. The molecule has 0 unspecified atom stereocenters. The predicted octanol–water partition coefficient (Wildman–Crippen LogP) is 1.46. The van der Waals surface area contributed by atoms with E-state index in [0.29, 0.717) is 5.69 Å². The molecule has 0 heterocycles. The highest BCUT2D eigenvalue weighted by atomic mass is 16.6. The number of nitro benzene ring substituents is 1. The first-order chi connectivity index (χ1) is 10.4. The molecule has 0 bridgehead atoms. The van der Waals surface area contributed by atoms with Crippen molar-refractivity contribution in [2.45, 2.75) is 31.9 Å². The Hall–Kier alpha value is -2.64. The van der Waals surface area contributed by atoms with Crippen molar-refractivity contribution in [3.8, 4) is 0 Å². The minimum absolute atomic E-state index is 0.0248. The summed E-state index contributed by atoms with van der Waals surface area (Å²) >= 11 is 0. The summed E-state index contributed by atoms with van der Waals surface area (Å²) in [7, 11) is 1.55. The molecule has 1 aromatic carbocycles. The lowest BCUT2D eigenvalue weighted by molar-refractivity contribution is -0.384. The molecule has 2 N–H and O–H groups in total. The summed E-state index contributed by atoms with van der Waals surface area (Å²) in [5.41, 5.74) is 0.0879. The first kappa shape index (κ1) is 15.7. The summed E-state index contributed by atoms with van der Waals surface area (Å²) in [6, 6.07) is 4.13. The largest absolute Gasteiger partial charge is 0.449 e. The fraction of sp³-hybridized carbons (Fsp3) is 0.429. The summed E-state index contributed by atoms with van der Waals surface area (Å²) in [6.07, 6.45) is 0.921. The molecule has 8 heteroatoms. The number of hydrogen-bond acceptors (Lipinski definition) is 6. The second-order valence-electron chi connectivity index (χ2n) is 5.07. The molecule has 0 aliphatic heterocycles. The molecule has 1 saturated carbocycles. The number of amides is 1. The third-order valence-electron chi connectivity index (χ3n) is 3.28. The van der Waals surface area contributed by atoms with Crippen molar-refractivity contribution < 1.29 is 19.2 Å². The minimum atomic E-state index is -0.948. The van der Waals surface area contributed by atoms with Gasteiger partial charge in [-0.25, -0.2) is 4.79 Å². The van der Waals surface area contributed by atoms with E-state index in [1.165, 1.54) is 19.1 Å². The maximum atomic E-state index is 12.0. The van der Waals surface area contributed by atoms with Crippen molar-refractivity contribution in [3.05, 3.63) is 33.9 Å². The summed E-state index contributed by atoms with van der Waals surface area (Å²) in [6.45, 7) is 1.46. The van der Waals surface area contributed by atoms with E-state index in [0.717, 1.165) is 18.9 Å². The molecule has 1 aliphatic carbocycles. The van der Waals surface area contributed by atoms with Crippen molar-refractivity contribution in [2.75, 3.05) is 12.4 Å². The van der Waals surface area contributed by atoms with Gasteiger partial charge in [0.1, 0.15) is 5.69 Å². The molecule has 0 aromatic heterocycles. The Morgan fingerprint density at radius 3 is 2.64 bits per heavy atom. The van der Waals surface area contributed by atoms with Crippen LogP contribution in [0.15, 0.2) is 18.2 Å². The highest BCUT2D eigenvalue weighted by Gasteiger charge is 2.27. The van der Waals surface area contributed by atoms with Crippen LogP contribution >= 0.6 is 0 Å². The number of nitrogens with zero attached hydrogens (tertiary/aromatic N) is 1. The number of benzene rings is 1. The second kappa shape index (κ2) is 6.42. The molecule has 22 heavy (non-hydrogen) atoms. The average Bonchev–Trinajstić information content (AvgIpc) is 3.30. The summed E-state index contributed by atoms with van der Waals surface area (Å²) in [4.78, 5) is 34.1. The van der Waals surface area contributed by atoms with Gasteiger partial charge in [0.15, 0.2) is 6.10 Å². The number of anilines is 1. The number of rotatable bonds is 6. The van der Waals surface area contributed by atoms with Gasteiger partial charge >= 0.3 is 5.97 Å². The standard InChI is InChI=1S/C14H17N3O5/c1-8(13(18)16-10-4-5-10)22-14(19)9-3-6-11(15-2)12(7-9)17(20)21/h3,6-8,10,15H,4-5H2,1-2H3,(H,16,18)/t8-/m0/s1. The van der Waals surface area contributed by atoms with E-state index in [1.807, 2.05) is 0 Å². The van der Waals surface area contributed by atoms with Gasteiger partial charge in [-0.05, 0) is 31.9 Å². The average molecular weight is 307 g/mol. The monoisotopic (exact) mass is 307 g/mol. The molecular weight excluding hydrogens is 290 g/mol. The van der Waals surface area contributed by atoms with E-state index in [2.05, 4.69) is 10.6 Å². The van der Waals surface area contributed by atoms with Crippen molar-refractivity contribution in [1.29, 1.82) is 0 Å². The van der Waals surface area contributed by atoms with Crippen LogP contribution in [0.5, 0.6) is 0 Å². The SMILES string of the molecule is CNc1ccc(C(=O)O[C@@H](C)C(=O)NC2CC2)cc1[N+](=O)[O-]. The van der Waals surface area contributed by atoms with Crippen molar-refractivity contribution in [3.63, 3.8) is 0 Å². The van der Waals surface area contributed by atoms with E-state index >= 15 is 0 Å². The first-order valence-corrected chi connectivity index (χ1v) is 6.90. The lowest BCUT2D eigenvalue weighted by atomic mass is 10.1. The zero-order valence-corrected chi connectivity index (χ0v) is 12.3. The Kier molecular flexibility index (Phi) is 4.59. The first-order valence-electron chi connectivity index (χ1n) is 6.90. The number of hydrogen-bond donors (Lipinski definition) is 2. The molecule has 1 aliphatic rings. The Morgan fingerprint density at radius 1 is 1.41 bits per heavy atom. The Balaban J connectivity index is 2.06. The number of carbonyl (C=O) groups is 2. The van der Waals surface area contributed by atoms with Gasteiger partial charge in [-0.1, -0.05) is 0 Å². The molecule has 0 saturated heterocycles. The van der Waals surface area contributed by atoms with Crippen LogP contribution in [-0.4, -0.2) is 36.0 Å². The molecule has 0 radical (unpaired) electrons. The van der Waals surface area contributed by atoms with Crippen LogP contribution in [0.2, 0.25) is 0 Å². The maximum absolute atomic E-state index is 12.0. The topological polar surface area (TPSA) is 111 Å². The van der Waals surface area contributed by atoms with Gasteiger partial charge in [0.05, 0.1) is 10.5 Å². The fourth-order valence-corrected chi connectivity index (χ4v) is 1.85. The van der Waals surface area contributed by atoms with Crippen LogP contribution < -0.4 is 10.6 Å². The molecule has 1 aromatic rings. The number of carbonyl (C=O) groups excluding carboxylic acids is 2. The van der Waals surface area contributed by atoms with Gasteiger partial charge < -0.3 is 15.4 Å². The van der Waals surface area contributed by atoms with Crippen molar-refractivity contribution in [1.82, 2.24) is 5.32 Å². The smallest absolute Gasteiger partial charge is 0.339 e. The third kappa shape index (κ3) is 3.72. The number of esters is 1. The van der Waals surface area contributed by atoms with Crippen molar-refractivity contribution >= 4 is 23.3 Å². The van der Waals surface area contributed by atoms with Gasteiger partial charge in [0, 0.05) is 19.2 Å². The predicted molar refractivity (Wildman–Crippen MR) is 78.7 cm³/mol. The molecule has 8 nitrogen and oxygen atoms in total. The highest BCUT2D eigenvalue weighted by molar-refractivity contribution is 5.93. The van der Waals surface area contributed by atoms with Crippen LogP contribution in [0.3, 0.4) is 0 Å². The molecule has 2 rings (SSSR count). The Morgan fingerprint density at radius 2 is 2.09 bits per heavy atom. The number of nitro groups is 1. The van der Waals surface area contributed by atoms with Gasteiger partial charge in [-0.3, -0.25) is 14.9 Å². The van der Waals surface area contributed by atoms with E-state index < -0.39 is 17.0 Å². The van der Waals surface area contributed by atoms with Crippen molar-refractivity contribution in [2.24, 2.45) is 0 Å². The van der Waals surface area contributed by atoms with Crippen LogP contribution in [0, 0.1) is 10.1 Å². The zero-order chi connectivity index (χ0) is 16.3. The van der Waals surface area contributed by atoms with E-state index in [4.69, 9.17) is 4.74 Å². The number of nitrogens with one attached hydrogen (secondary N) is 2. The lowest BCUT2D eigenvalue weighted by Gasteiger charge is -2.13. The van der Waals surface area contributed by atoms with Crippen LogP contribution in [-0.2, 0) is 9.53 Å². The minimum Gasteiger partial charge on any atom is -0.449 e. The zero-order valence-electron chi connectivity index (χ0n) is 12.3. The van der Waals surface area contributed by atoms with E-state index in [-0.39, 0.29) is 23.2 Å². The summed E-state index contributed by atoms with van der Waals surface area (Å²) in [5.74, 6) is -1.14. The normalized spacial score (nSPS) is 14.8. The maximum Gasteiger partial charge on any atom is 0.339 e. The summed E-state index contributed by atoms with van der Waals surface area (Å²) < 4.78 is 5.04. The molecule has 1 fully saturated rings. The van der Waals surface area contributed by atoms with Gasteiger partial charge in [0.2, 0.25) is 0 Å². The van der Waals surface area contributed by atoms with Gasteiger partial charge in [-0.15, -0.1) is 0 Å². The van der Waals surface area contributed by atoms with Crippen LogP contribution in [0.1, 0.15) is 30.1 Å². The van der Waals surface area contributed by atoms with E-state index in [9.17, 15) is 19.7 Å². The molecular formula is C14H17N3O5.